The molecule has 0 aromatic heterocycles. The molecule has 2 fully saturated rings. The van der Waals surface area contributed by atoms with Gasteiger partial charge in [-0.1, -0.05) is 19.6 Å². The van der Waals surface area contributed by atoms with Gasteiger partial charge in [-0.05, 0) is 12.8 Å². The van der Waals surface area contributed by atoms with E-state index in [1.165, 1.54) is 7.11 Å². The van der Waals surface area contributed by atoms with Crippen LogP contribution in [0.2, 0.25) is 0 Å². The van der Waals surface area contributed by atoms with Crippen molar-refractivity contribution < 1.29 is 19.1 Å². The van der Waals surface area contributed by atoms with Gasteiger partial charge in [0.25, 0.3) is 0 Å². The summed E-state index contributed by atoms with van der Waals surface area (Å²) in [4.78, 5) is 23.0. The lowest BCUT2D eigenvalue weighted by molar-refractivity contribution is -0.144. The van der Waals surface area contributed by atoms with Gasteiger partial charge in [0, 0.05) is 23.0 Å². The Balaban J connectivity index is 2.19. The Labute approximate surface area is 100 Å². The van der Waals surface area contributed by atoms with Crippen molar-refractivity contribution in [2.45, 2.75) is 25.4 Å². The van der Waals surface area contributed by atoms with E-state index in [0.29, 0.717) is 11.1 Å². The summed E-state index contributed by atoms with van der Waals surface area (Å²) in [7, 11) is 1.33. The topological polar surface area (TPSA) is 52.6 Å². The number of rotatable bonds is 2. The van der Waals surface area contributed by atoms with Crippen LogP contribution in [0.5, 0.6) is 0 Å². The fraction of sp³-hybridized carbons (Fsp3) is 0.538. The zero-order valence-electron chi connectivity index (χ0n) is 9.90. The van der Waals surface area contributed by atoms with Crippen molar-refractivity contribution in [2.75, 3.05) is 7.11 Å². The molecular formula is C13H16O4. The zero-order valence-corrected chi connectivity index (χ0v) is 9.90. The number of fused-ring (bicyclic) bond motifs is 1. The highest BCUT2D eigenvalue weighted by atomic mass is 16.6. The van der Waals surface area contributed by atoms with E-state index in [4.69, 9.17) is 4.74 Å². The van der Waals surface area contributed by atoms with Crippen LogP contribution >= 0.6 is 0 Å². The van der Waals surface area contributed by atoms with Gasteiger partial charge in [-0.15, -0.1) is 0 Å². The molecule has 0 amide bonds. The van der Waals surface area contributed by atoms with Crippen molar-refractivity contribution in [1.82, 2.24) is 0 Å². The van der Waals surface area contributed by atoms with Crippen LogP contribution in [-0.4, -0.2) is 25.2 Å². The number of carbonyl (C=O) groups is 2. The molecule has 3 atom stereocenters. The molecule has 1 saturated heterocycles. The standard InChI is InChI=1S/C13H16O4/c1-7(12(14)16-3)9-5-4-6-10-8(2)13(15)17-11(9)10/h9-11H,1-2,4-6H2,3H3/t9-,10+,11-/m1/s1. The first-order valence-corrected chi connectivity index (χ1v) is 5.73. The summed E-state index contributed by atoms with van der Waals surface area (Å²) < 4.78 is 9.96. The molecule has 0 unspecified atom stereocenters. The lowest BCUT2D eigenvalue weighted by atomic mass is 9.74. The van der Waals surface area contributed by atoms with Gasteiger partial charge in [0.2, 0.25) is 0 Å². The molecule has 0 N–H and O–H groups in total. The van der Waals surface area contributed by atoms with Crippen LogP contribution in [0.3, 0.4) is 0 Å². The Bertz CT molecular complexity index is 396. The number of ether oxygens (including phenoxy) is 2. The van der Waals surface area contributed by atoms with Gasteiger partial charge in [-0.2, -0.15) is 0 Å². The second kappa shape index (κ2) is 4.35. The maximum atomic E-state index is 11.5. The average molecular weight is 236 g/mol. The Kier molecular flexibility index (Phi) is 3.05. The minimum atomic E-state index is -0.427. The highest BCUT2D eigenvalue weighted by Gasteiger charge is 2.46. The first-order chi connectivity index (χ1) is 8.06. The van der Waals surface area contributed by atoms with E-state index >= 15 is 0 Å². The van der Waals surface area contributed by atoms with E-state index in [1.54, 1.807) is 0 Å². The number of hydrogen-bond acceptors (Lipinski definition) is 4. The second-order valence-electron chi connectivity index (χ2n) is 4.56. The van der Waals surface area contributed by atoms with E-state index in [0.717, 1.165) is 19.3 Å². The predicted molar refractivity (Wildman–Crippen MR) is 61.0 cm³/mol. The Morgan fingerprint density at radius 1 is 1.47 bits per heavy atom. The van der Waals surface area contributed by atoms with Gasteiger partial charge in [0.15, 0.2) is 0 Å². The number of esters is 2. The second-order valence-corrected chi connectivity index (χ2v) is 4.56. The fourth-order valence-electron chi connectivity index (χ4n) is 2.71. The smallest absolute Gasteiger partial charge is 0.334 e. The van der Waals surface area contributed by atoms with E-state index in [-0.39, 0.29) is 23.9 Å². The Morgan fingerprint density at radius 2 is 2.18 bits per heavy atom. The Hall–Kier alpha value is -1.58. The number of carbonyl (C=O) groups excluding carboxylic acids is 2. The van der Waals surface area contributed by atoms with E-state index in [9.17, 15) is 9.59 Å². The van der Waals surface area contributed by atoms with Crippen LogP contribution in [0.25, 0.3) is 0 Å². The molecule has 2 rings (SSSR count). The molecule has 0 spiro atoms. The lowest BCUT2D eigenvalue weighted by Gasteiger charge is -2.32. The third kappa shape index (κ3) is 1.88. The molecule has 0 aromatic carbocycles. The van der Waals surface area contributed by atoms with Gasteiger partial charge >= 0.3 is 11.9 Å². The maximum Gasteiger partial charge on any atom is 0.334 e. The summed E-state index contributed by atoms with van der Waals surface area (Å²) >= 11 is 0. The lowest BCUT2D eigenvalue weighted by Crippen LogP contribution is -2.34. The van der Waals surface area contributed by atoms with E-state index in [2.05, 4.69) is 17.9 Å². The third-order valence-corrected chi connectivity index (χ3v) is 3.67. The molecule has 0 aromatic rings. The van der Waals surface area contributed by atoms with Crippen molar-refractivity contribution in [2.24, 2.45) is 11.8 Å². The van der Waals surface area contributed by atoms with Gasteiger partial charge in [0.1, 0.15) is 6.10 Å². The van der Waals surface area contributed by atoms with Crippen molar-refractivity contribution in [1.29, 1.82) is 0 Å². The number of hydrogen-bond donors (Lipinski definition) is 0. The molecule has 1 aliphatic heterocycles. The largest absolute Gasteiger partial charge is 0.466 e. The van der Waals surface area contributed by atoms with Crippen LogP contribution in [0.15, 0.2) is 24.3 Å². The summed E-state index contributed by atoms with van der Waals surface area (Å²) in [5, 5.41) is 0. The molecule has 1 heterocycles. The van der Waals surface area contributed by atoms with Gasteiger partial charge in [-0.3, -0.25) is 0 Å². The summed E-state index contributed by atoms with van der Waals surface area (Å²) in [6.07, 6.45) is 2.35. The molecule has 2 aliphatic rings. The summed E-state index contributed by atoms with van der Waals surface area (Å²) in [6.45, 7) is 7.52. The summed E-state index contributed by atoms with van der Waals surface area (Å²) in [5.41, 5.74) is 0.919. The van der Waals surface area contributed by atoms with Gasteiger partial charge in [0.05, 0.1) is 7.11 Å². The van der Waals surface area contributed by atoms with Crippen molar-refractivity contribution in [3.05, 3.63) is 24.3 Å². The Morgan fingerprint density at radius 3 is 2.82 bits per heavy atom. The third-order valence-electron chi connectivity index (χ3n) is 3.67. The van der Waals surface area contributed by atoms with Crippen molar-refractivity contribution in [3.63, 3.8) is 0 Å². The van der Waals surface area contributed by atoms with Crippen molar-refractivity contribution >= 4 is 11.9 Å². The first-order valence-electron chi connectivity index (χ1n) is 5.73. The highest BCUT2D eigenvalue weighted by molar-refractivity contribution is 5.92. The summed E-state index contributed by atoms with van der Waals surface area (Å²) in [6, 6.07) is 0. The van der Waals surface area contributed by atoms with Crippen LogP contribution in [0.4, 0.5) is 0 Å². The van der Waals surface area contributed by atoms with E-state index < -0.39 is 5.97 Å². The molecule has 0 radical (unpaired) electrons. The zero-order chi connectivity index (χ0) is 12.6. The highest BCUT2D eigenvalue weighted by Crippen LogP contribution is 2.43. The maximum absolute atomic E-state index is 11.5. The van der Waals surface area contributed by atoms with E-state index in [1.807, 2.05) is 0 Å². The normalized spacial score (nSPS) is 31.7. The molecule has 4 nitrogen and oxygen atoms in total. The van der Waals surface area contributed by atoms with Crippen LogP contribution in [-0.2, 0) is 19.1 Å². The molecule has 0 bridgehead atoms. The minimum Gasteiger partial charge on any atom is -0.466 e. The monoisotopic (exact) mass is 236 g/mol. The molecule has 4 heteroatoms. The average Bonchev–Trinajstić information content (AvgIpc) is 2.63. The minimum absolute atomic E-state index is 0.0302. The predicted octanol–water partition coefficient (Wildman–Crippen LogP) is 1.61. The van der Waals surface area contributed by atoms with Gasteiger partial charge in [-0.25, -0.2) is 9.59 Å². The molecule has 1 aliphatic carbocycles. The molecule has 17 heavy (non-hydrogen) atoms. The quantitative estimate of drug-likeness (QED) is 0.540. The van der Waals surface area contributed by atoms with Crippen LogP contribution < -0.4 is 0 Å². The fourth-order valence-corrected chi connectivity index (χ4v) is 2.71. The summed E-state index contributed by atoms with van der Waals surface area (Å²) in [5.74, 6) is -0.874. The van der Waals surface area contributed by atoms with Crippen LogP contribution in [0, 0.1) is 11.8 Å². The van der Waals surface area contributed by atoms with Crippen LogP contribution in [0.1, 0.15) is 19.3 Å². The SMILES string of the molecule is C=C(C(=O)OC)[C@H]1CCC[C@H]2C(=C)C(=O)O[C@H]12. The molecule has 1 saturated carbocycles. The molecular weight excluding hydrogens is 220 g/mol. The number of methoxy groups -OCH3 is 1. The molecule has 92 valence electrons. The first kappa shape index (κ1) is 11.9. The van der Waals surface area contributed by atoms with Crippen molar-refractivity contribution in [3.8, 4) is 0 Å². The van der Waals surface area contributed by atoms with Gasteiger partial charge < -0.3 is 9.47 Å².